The largest absolute Gasteiger partial charge is 0.385 e. The minimum atomic E-state index is -0.261. The zero-order valence-electron chi connectivity index (χ0n) is 14.6. The third-order valence-electron chi connectivity index (χ3n) is 4.04. The Bertz CT molecular complexity index is 915. The van der Waals surface area contributed by atoms with Crippen LogP contribution >= 0.6 is 11.6 Å². The number of pyridine rings is 1. The van der Waals surface area contributed by atoms with E-state index in [9.17, 15) is 9.18 Å². The molecule has 1 aromatic heterocycles. The van der Waals surface area contributed by atoms with E-state index in [1.54, 1.807) is 42.6 Å². The summed E-state index contributed by atoms with van der Waals surface area (Å²) in [6.45, 7) is 0.944. The first-order valence-electron chi connectivity index (χ1n) is 8.58. The van der Waals surface area contributed by atoms with E-state index in [4.69, 9.17) is 11.6 Å². The molecule has 4 nitrogen and oxygen atoms in total. The lowest BCUT2D eigenvalue weighted by Crippen LogP contribution is -2.23. The van der Waals surface area contributed by atoms with E-state index in [1.807, 2.05) is 18.2 Å². The molecule has 3 rings (SSSR count). The Morgan fingerprint density at radius 1 is 1.07 bits per heavy atom. The SMILES string of the molecule is O=C(NCc1ccc(Cl)cc1)c1cc(NCCc2ccccc2F)ccn1. The summed E-state index contributed by atoms with van der Waals surface area (Å²) in [5.74, 6) is -0.473. The lowest BCUT2D eigenvalue weighted by atomic mass is 10.1. The van der Waals surface area contributed by atoms with E-state index in [-0.39, 0.29) is 11.7 Å². The van der Waals surface area contributed by atoms with Crippen LogP contribution in [0.3, 0.4) is 0 Å². The highest BCUT2D eigenvalue weighted by Crippen LogP contribution is 2.12. The van der Waals surface area contributed by atoms with Crippen LogP contribution in [-0.4, -0.2) is 17.4 Å². The molecule has 0 aliphatic carbocycles. The predicted molar refractivity (Wildman–Crippen MR) is 105 cm³/mol. The Balaban J connectivity index is 1.53. The fourth-order valence-corrected chi connectivity index (χ4v) is 2.71. The molecule has 0 fully saturated rings. The van der Waals surface area contributed by atoms with Crippen molar-refractivity contribution in [2.45, 2.75) is 13.0 Å². The van der Waals surface area contributed by atoms with Crippen LogP contribution in [0.25, 0.3) is 0 Å². The maximum Gasteiger partial charge on any atom is 0.270 e. The minimum Gasteiger partial charge on any atom is -0.385 e. The van der Waals surface area contributed by atoms with Crippen molar-refractivity contribution in [1.29, 1.82) is 0 Å². The third-order valence-corrected chi connectivity index (χ3v) is 4.29. The van der Waals surface area contributed by atoms with Gasteiger partial charge in [0, 0.05) is 30.0 Å². The lowest BCUT2D eigenvalue weighted by Gasteiger charge is -2.09. The molecule has 27 heavy (non-hydrogen) atoms. The molecule has 138 valence electrons. The maximum atomic E-state index is 13.6. The summed E-state index contributed by atoms with van der Waals surface area (Å²) in [4.78, 5) is 16.4. The second-order valence-electron chi connectivity index (χ2n) is 6.01. The van der Waals surface area contributed by atoms with Gasteiger partial charge >= 0.3 is 0 Å². The molecule has 0 spiro atoms. The van der Waals surface area contributed by atoms with Crippen molar-refractivity contribution in [1.82, 2.24) is 10.3 Å². The van der Waals surface area contributed by atoms with Crippen molar-refractivity contribution in [3.63, 3.8) is 0 Å². The van der Waals surface area contributed by atoms with Gasteiger partial charge < -0.3 is 10.6 Å². The van der Waals surface area contributed by atoms with Gasteiger partial charge in [-0.25, -0.2) is 4.39 Å². The van der Waals surface area contributed by atoms with Crippen LogP contribution in [0, 0.1) is 5.82 Å². The molecule has 3 aromatic rings. The molecular weight excluding hydrogens is 365 g/mol. The second kappa shape index (κ2) is 9.14. The van der Waals surface area contributed by atoms with Gasteiger partial charge in [-0.1, -0.05) is 41.9 Å². The molecule has 0 bridgehead atoms. The van der Waals surface area contributed by atoms with Crippen LogP contribution in [0.2, 0.25) is 5.02 Å². The normalized spacial score (nSPS) is 10.4. The van der Waals surface area contributed by atoms with E-state index < -0.39 is 0 Å². The van der Waals surface area contributed by atoms with Crippen LogP contribution < -0.4 is 10.6 Å². The number of nitrogens with zero attached hydrogens (tertiary/aromatic N) is 1. The number of hydrogen-bond donors (Lipinski definition) is 2. The number of benzene rings is 2. The number of carbonyl (C=O) groups excluding carboxylic acids is 1. The van der Waals surface area contributed by atoms with Crippen LogP contribution in [0.15, 0.2) is 66.9 Å². The van der Waals surface area contributed by atoms with Gasteiger partial charge in [-0.2, -0.15) is 0 Å². The van der Waals surface area contributed by atoms with Crippen molar-refractivity contribution in [3.8, 4) is 0 Å². The van der Waals surface area contributed by atoms with E-state index in [0.29, 0.717) is 35.8 Å². The molecule has 0 aliphatic rings. The van der Waals surface area contributed by atoms with E-state index in [1.165, 1.54) is 6.07 Å². The molecule has 0 saturated heterocycles. The molecular formula is C21H19ClFN3O. The Morgan fingerprint density at radius 3 is 2.63 bits per heavy atom. The highest BCUT2D eigenvalue weighted by Gasteiger charge is 2.08. The average molecular weight is 384 g/mol. The van der Waals surface area contributed by atoms with Crippen molar-refractivity contribution in [3.05, 3.63) is 94.5 Å². The first kappa shape index (κ1) is 18.9. The summed E-state index contributed by atoms with van der Waals surface area (Å²) in [6.07, 6.45) is 2.12. The fourth-order valence-electron chi connectivity index (χ4n) is 2.58. The summed E-state index contributed by atoms with van der Waals surface area (Å²) < 4.78 is 13.6. The molecule has 6 heteroatoms. The zero-order valence-corrected chi connectivity index (χ0v) is 15.3. The summed E-state index contributed by atoms with van der Waals surface area (Å²) in [6, 6.07) is 17.4. The topological polar surface area (TPSA) is 54.0 Å². The van der Waals surface area contributed by atoms with E-state index in [2.05, 4.69) is 15.6 Å². The number of amides is 1. The minimum absolute atomic E-state index is 0.212. The van der Waals surface area contributed by atoms with Crippen LogP contribution in [0.1, 0.15) is 21.6 Å². The summed E-state index contributed by atoms with van der Waals surface area (Å²) in [5, 5.41) is 6.68. The van der Waals surface area contributed by atoms with Crippen molar-refractivity contribution in [2.75, 3.05) is 11.9 Å². The first-order valence-corrected chi connectivity index (χ1v) is 8.95. The number of hydrogen-bond acceptors (Lipinski definition) is 3. The Labute approximate surface area is 162 Å². The molecule has 1 heterocycles. The summed E-state index contributed by atoms with van der Waals surface area (Å²) in [7, 11) is 0. The number of halogens is 2. The van der Waals surface area contributed by atoms with Gasteiger partial charge in [0.15, 0.2) is 0 Å². The molecule has 0 atom stereocenters. The Hall–Kier alpha value is -2.92. The van der Waals surface area contributed by atoms with Gasteiger partial charge in [0.25, 0.3) is 5.91 Å². The van der Waals surface area contributed by atoms with Crippen LogP contribution in [0.5, 0.6) is 0 Å². The quantitative estimate of drug-likeness (QED) is 0.633. The molecule has 2 aromatic carbocycles. The molecule has 0 unspecified atom stereocenters. The van der Waals surface area contributed by atoms with Crippen molar-refractivity contribution >= 4 is 23.2 Å². The highest BCUT2D eigenvalue weighted by atomic mass is 35.5. The highest BCUT2D eigenvalue weighted by molar-refractivity contribution is 6.30. The monoisotopic (exact) mass is 383 g/mol. The van der Waals surface area contributed by atoms with Crippen LogP contribution in [-0.2, 0) is 13.0 Å². The standard InChI is InChI=1S/C21H19ClFN3O/c22-17-7-5-15(6-8-17)14-26-21(27)20-13-18(10-12-25-20)24-11-9-16-3-1-2-4-19(16)23/h1-8,10,12-13H,9,11,14H2,(H,24,25)(H,26,27). The number of carbonyl (C=O) groups is 1. The summed E-state index contributed by atoms with van der Waals surface area (Å²) in [5.41, 5.74) is 2.68. The Kier molecular flexibility index (Phi) is 6.39. The Morgan fingerprint density at radius 2 is 1.85 bits per heavy atom. The zero-order chi connectivity index (χ0) is 19.1. The third kappa shape index (κ3) is 5.53. The molecule has 2 N–H and O–H groups in total. The maximum absolute atomic E-state index is 13.6. The fraction of sp³-hybridized carbons (Fsp3) is 0.143. The smallest absolute Gasteiger partial charge is 0.270 e. The second-order valence-corrected chi connectivity index (χ2v) is 6.44. The molecule has 0 radical (unpaired) electrons. The van der Waals surface area contributed by atoms with E-state index in [0.717, 1.165) is 11.3 Å². The lowest BCUT2D eigenvalue weighted by molar-refractivity contribution is 0.0946. The number of anilines is 1. The van der Waals surface area contributed by atoms with E-state index >= 15 is 0 Å². The van der Waals surface area contributed by atoms with Crippen LogP contribution in [0.4, 0.5) is 10.1 Å². The molecule has 0 saturated carbocycles. The first-order chi connectivity index (χ1) is 13.1. The van der Waals surface area contributed by atoms with Gasteiger partial charge in [-0.05, 0) is 47.9 Å². The van der Waals surface area contributed by atoms with Gasteiger partial charge in [0.1, 0.15) is 11.5 Å². The molecule has 0 aliphatic heterocycles. The molecule has 1 amide bonds. The van der Waals surface area contributed by atoms with Gasteiger partial charge in [0.2, 0.25) is 0 Å². The van der Waals surface area contributed by atoms with Gasteiger partial charge in [-0.3, -0.25) is 9.78 Å². The van der Waals surface area contributed by atoms with Gasteiger partial charge in [-0.15, -0.1) is 0 Å². The average Bonchev–Trinajstić information content (AvgIpc) is 2.69. The van der Waals surface area contributed by atoms with Crippen molar-refractivity contribution in [2.24, 2.45) is 0 Å². The number of nitrogens with one attached hydrogen (secondary N) is 2. The number of aromatic nitrogens is 1. The number of rotatable bonds is 7. The summed E-state index contributed by atoms with van der Waals surface area (Å²) >= 11 is 5.85. The predicted octanol–water partition coefficient (Wildman–Crippen LogP) is 4.46. The van der Waals surface area contributed by atoms with Gasteiger partial charge in [0.05, 0.1) is 0 Å². The van der Waals surface area contributed by atoms with Crippen molar-refractivity contribution < 1.29 is 9.18 Å².